The lowest BCUT2D eigenvalue weighted by molar-refractivity contribution is 0.196. The quantitative estimate of drug-likeness (QED) is 0.692. The Labute approximate surface area is 158 Å². The van der Waals surface area contributed by atoms with E-state index in [2.05, 4.69) is 27.0 Å². The molecule has 0 saturated carbocycles. The fourth-order valence-electron chi connectivity index (χ4n) is 3.36. The van der Waals surface area contributed by atoms with Crippen molar-refractivity contribution in [3.8, 4) is 17.0 Å². The van der Waals surface area contributed by atoms with Gasteiger partial charge in [-0.1, -0.05) is 0 Å². The summed E-state index contributed by atoms with van der Waals surface area (Å²) < 4.78 is 20.2. The third-order valence-corrected chi connectivity index (χ3v) is 4.94. The topological polar surface area (TPSA) is 33.5 Å². The Hall–Kier alpha value is -2.86. The SMILES string of the molecule is COc1ccc(N2CCN(Cn3ccc(-c4ccc(F)cc4)n3)CC2)cc1. The summed E-state index contributed by atoms with van der Waals surface area (Å²) >= 11 is 0. The lowest BCUT2D eigenvalue weighted by Crippen LogP contribution is -2.46. The maximum Gasteiger partial charge on any atom is 0.123 e. The van der Waals surface area contributed by atoms with E-state index < -0.39 is 0 Å². The molecule has 4 rings (SSSR count). The fraction of sp³-hybridized carbons (Fsp3) is 0.286. The van der Waals surface area contributed by atoms with Gasteiger partial charge in [-0.3, -0.25) is 9.58 Å². The predicted molar refractivity (Wildman–Crippen MR) is 104 cm³/mol. The summed E-state index contributed by atoms with van der Waals surface area (Å²) in [5.74, 6) is 0.654. The van der Waals surface area contributed by atoms with Crippen molar-refractivity contribution < 1.29 is 9.13 Å². The zero-order valence-electron chi connectivity index (χ0n) is 15.4. The molecule has 140 valence electrons. The van der Waals surface area contributed by atoms with Crippen molar-refractivity contribution >= 4 is 5.69 Å². The third kappa shape index (κ3) is 4.11. The summed E-state index contributed by atoms with van der Waals surface area (Å²) in [4.78, 5) is 4.78. The molecule has 1 aromatic heterocycles. The summed E-state index contributed by atoms with van der Waals surface area (Å²) in [7, 11) is 1.69. The smallest absolute Gasteiger partial charge is 0.123 e. The van der Waals surface area contributed by atoms with Crippen LogP contribution in [-0.4, -0.2) is 48.0 Å². The van der Waals surface area contributed by atoms with E-state index in [0.717, 1.165) is 49.9 Å². The summed E-state index contributed by atoms with van der Waals surface area (Å²) in [6.45, 7) is 4.70. The summed E-state index contributed by atoms with van der Waals surface area (Å²) in [5.41, 5.74) is 3.03. The molecule has 2 heterocycles. The molecular formula is C21H23FN4O. The van der Waals surface area contributed by atoms with Crippen molar-refractivity contribution in [2.75, 3.05) is 38.2 Å². The highest BCUT2D eigenvalue weighted by atomic mass is 19.1. The summed E-state index contributed by atoms with van der Waals surface area (Å²) in [6, 6.07) is 16.6. The summed E-state index contributed by atoms with van der Waals surface area (Å²) in [5, 5.41) is 4.63. The van der Waals surface area contributed by atoms with Gasteiger partial charge in [-0.05, 0) is 54.6 Å². The summed E-state index contributed by atoms with van der Waals surface area (Å²) in [6.07, 6.45) is 1.98. The molecule has 1 aliphatic rings. The Kier molecular flexibility index (Phi) is 5.07. The van der Waals surface area contributed by atoms with Crippen LogP contribution in [0.4, 0.5) is 10.1 Å². The number of ether oxygens (including phenoxy) is 1. The Bertz CT molecular complexity index is 868. The molecule has 3 aromatic rings. The third-order valence-electron chi connectivity index (χ3n) is 4.94. The van der Waals surface area contributed by atoms with Gasteiger partial charge in [0.05, 0.1) is 19.5 Å². The second kappa shape index (κ2) is 7.80. The molecule has 0 N–H and O–H groups in total. The molecule has 0 spiro atoms. The Morgan fingerprint density at radius 3 is 2.30 bits per heavy atom. The average molecular weight is 366 g/mol. The van der Waals surface area contributed by atoms with E-state index >= 15 is 0 Å². The van der Waals surface area contributed by atoms with Crippen LogP contribution in [0.3, 0.4) is 0 Å². The van der Waals surface area contributed by atoms with Crippen molar-refractivity contribution in [1.82, 2.24) is 14.7 Å². The number of halogens is 1. The maximum atomic E-state index is 13.1. The number of hydrogen-bond acceptors (Lipinski definition) is 4. The van der Waals surface area contributed by atoms with E-state index in [4.69, 9.17) is 4.74 Å². The number of benzene rings is 2. The zero-order chi connectivity index (χ0) is 18.6. The van der Waals surface area contributed by atoms with E-state index in [9.17, 15) is 4.39 Å². The van der Waals surface area contributed by atoms with Gasteiger partial charge >= 0.3 is 0 Å². The van der Waals surface area contributed by atoms with Crippen molar-refractivity contribution in [2.24, 2.45) is 0 Å². The van der Waals surface area contributed by atoms with Crippen LogP contribution in [-0.2, 0) is 6.67 Å². The van der Waals surface area contributed by atoms with Crippen LogP contribution in [0.1, 0.15) is 0 Å². The van der Waals surface area contributed by atoms with Crippen LogP contribution in [0.15, 0.2) is 60.8 Å². The van der Waals surface area contributed by atoms with Gasteiger partial charge in [0.1, 0.15) is 11.6 Å². The average Bonchev–Trinajstić information content (AvgIpc) is 3.18. The predicted octanol–water partition coefficient (Wildman–Crippen LogP) is 3.48. The highest BCUT2D eigenvalue weighted by molar-refractivity contribution is 5.58. The first kappa shape index (κ1) is 17.5. The fourth-order valence-corrected chi connectivity index (χ4v) is 3.36. The second-order valence-electron chi connectivity index (χ2n) is 6.69. The first-order valence-corrected chi connectivity index (χ1v) is 9.12. The molecule has 1 fully saturated rings. The van der Waals surface area contributed by atoms with Crippen molar-refractivity contribution in [3.05, 3.63) is 66.6 Å². The number of rotatable bonds is 5. The first-order chi connectivity index (χ1) is 13.2. The van der Waals surface area contributed by atoms with Crippen LogP contribution in [0.5, 0.6) is 5.75 Å². The highest BCUT2D eigenvalue weighted by Crippen LogP contribution is 2.21. The second-order valence-corrected chi connectivity index (χ2v) is 6.69. The molecule has 1 aliphatic heterocycles. The number of aromatic nitrogens is 2. The number of anilines is 1. The van der Waals surface area contributed by atoms with Crippen LogP contribution in [0.25, 0.3) is 11.3 Å². The van der Waals surface area contributed by atoms with Gasteiger partial charge in [0.15, 0.2) is 0 Å². The van der Waals surface area contributed by atoms with E-state index in [1.54, 1.807) is 19.2 Å². The lowest BCUT2D eigenvalue weighted by Gasteiger charge is -2.36. The first-order valence-electron chi connectivity index (χ1n) is 9.12. The van der Waals surface area contributed by atoms with Gasteiger partial charge in [0, 0.05) is 43.6 Å². The Morgan fingerprint density at radius 1 is 0.926 bits per heavy atom. The zero-order valence-corrected chi connectivity index (χ0v) is 15.4. The number of methoxy groups -OCH3 is 1. The van der Waals surface area contributed by atoms with E-state index in [1.807, 2.05) is 29.1 Å². The molecule has 5 nitrogen and oxygen atoms in total. The van der Waals surface area contributed by atoms with Crippen molar-refractivity contribution in [3.63, 3.8) is 0 Å². The van der Waals surface area contributed by atoms with E-state index in [0.29, 0.717) is 0 Å². The van der Waals surface area contributed by atoms with Crippen LogP contribution in [0.2, 0.25) is 0 Å². The highest BCUT2D eigenvalue weighted by Gasteiger charge is 2.17. The molecule has 0 aliphatic carbocycles. The molecule has 0 atom stereocenters. The maximum absolute atomic E-state index is 13.1. The lowest BCUT2D eigenvalue weighted by atomic mass is 10.1. The minimum atomic E-state index is -0.229. The van der Waals surface area contributed by atoms with Crippen LogP contribution < -0.4 is 9.64 Å². The molecule has 0 radical (unpaired) electrons. The van der Waals surface area contributed by atoms with Gasteiger partial charge in [-0.15, -0.1) is 0 Å². The van der Waals surface area contributed by atoms with Gasteiger partial charge < -0.3 is 9.64 Å². The normalized spacial score (nSPS) is 15.1. The van der Waals surface area contributed by atoms with Crippen LogP contribution in [0, 0.1) is 5.82 Å². The van der Waals surface area contributed by atoms with Gasteiger partial charge in [0.25, 0.3) is 0 Å². The number of hydrogen-bond donors (Lipinski definition) is 0. The molecule has 6 heteroatoms. The van der Waals surface area contributed by atoms with Crippen LogP contribution >= 0.6 is 0 Å². The molecule has 2 aromatic carbocycles. The molecule has 0 unspecified atom stereocenters. The number of piperazine rings is 1. The minimum absolute atomic E-state index is 0.229. The van der Waals surface area contributed by atoms with Gasteiger partial charge in [-0.25, -0.2) is 4.39 Å². The monoisotopic (exact) mass is 366 g/mol. The molecule has 0 bridgehead atoms. The van der Waals surface area contributed by atoms with Crippen molar-refractivity contribution in [1.29, 1.82) is 0 Å². The molecule has 27 heavy (non-hydrogen) atoms. The van der Waals surface area contributed by atoms with E-state index in [1.165, 1.54) is 17.8 Å². The molecule has 1 saturated heterocycles. The minimum Gasteiger partial charge on any atom is -0.497 e. The molecular weight excluding hydrogens is 343 g/mol. The Morgan fingerprint density at radius 2 is 1.63 bits per heavy atom. The standard InChI is InChI=1S/C21H23FN4O/c1-27-20-8-6-19(7-9-20)25-14-12-24(13-15-25)16-26-11-10-21(23-26)17-2-4-18(22)5-3-17/h2-11H,12-16H2,1H3. The Balaban J connectivity index is 1.33. The number of nitrogens with zero attached hydrogens (tertiary/aromatic N) is 4. The van der Waals surface area contributed by atoms with Gasteiger partial charge in [-0.2, -0.15) is 5.10 Å². The van der Waals surface area contributed by atoms with Gasteiger partial charge in [0.2, 0.25) is 0 Å². The molecule has 0 amide bonds. The van der Waals surface area contributed by atoms with Crippen molar-refractivity contribution in [2.45, 2.75) is 6.67 Å². The largest absolute Gasteiger partial charge is 0.497 e. The van der Waals surface area contributed by atoms with E-state index in [-0.39, 0.29) is 5.82 Å².